The summed E-state index contributed by atoms with van der Waals surface area (Å²) in [5.74, 6) is 0.573. The van der Waals surface area contributed by atoms with Crippen LogP contribution < -0.4 is 5.32 Å². The largest absolute Gasteiger partial charge is 0.465 e. The van der Waals surface area contributed by atoms with Crippen LogP contribution in [0.15, 0.2) is 24.3 Å². The van der Waals surface area contributed by atoms with Crippen LogP contribution in [-0.2, 0) is 4.74 Å². The van der Waals surface area contributed by atoms with E-state index in [1.165, 1.54) is 39.2 Å². The summed E-state index contributed by atoms with van der Waals surface area (Å²) in [4.78, 5) is 11.4. The van der Waals surface area contributed by atoms with Gasteiger partial charge in [-0.2, -0.15) is 0 Å². The molecule has 1 aromatic carbocycles. The number of esters is 1. The molecule has 0 radical (unpaired) electrons. The maximum absolute atomic E-state index is 11.4. The highest BCUT2D eigenvalue weighted by Gasteiger charge is 2.16. The van der Waals surface area contributed by atoms with E-state index in [0.717, 1.165) is 11.6 Å². The number of hydrogen-bond acceptors (Lipinski definition) is 3. The zero-order valence-electron chi connectivity index (χ0n) is 11.8. The van der Waals surface area contributed by atoms with E-state index >= 15 is 0 Å². The Labute approximate surface area is 115 Å². The molecule has 0 aromatic heterocycles. The fraction of sp³-hybridized carbons (Fsp3) is 0.562. The number of benzene rings is 1. The SMILES string of the molecule is COC(=O)c1ccc(NC2CCCC(C)CC2)cc1. The van der Waals surface area contributed by atoms with Crippen LogP contribution in [0.1, 0.15) is 49.4 Å². The molecule has 0 bridgehead atoms. The number of carbonyl (C=O) groups excluding carboxylic acids is 1. The Balaban J connectivity index is 1.93. The van der Waals surface area contributed by atoms with E-state index < -0.39 is 0 Å². The summed E-state index contributed by atoms with van der Waals surface area (Å²) in [5.41, 5.74) is 1.69. The molecular formula is C16H23NO2. The molecule has 3 heteroatoms. The van der Waals surface area contributed by atoms with Crippen LogP contribution in [0.4, 0.5) is 5.69 Å². The number of methoxy groups -OCH3 is 1. The fourth-order valence-electron chi connectivity index (χ4n) is 2.69. The minimum absolute atomic E-state index is 0.283. The molecule has 1 saturated carbocycles. The van der Waals surface area contributed by atoms with Crippen LogP contribution in [0.2, 0.25) is 0 Å². The van der Waals surface area contributed by atoms with Crippen molar-refractivity contribution in [3.05, 3.63) is 29.8 Å². The van der Waals surface area contributed by atoms with Gasteiger partial charge in [0.1, 0.15) is 0 Å². The Bertz CT molecular complexity index is 413. The smallest absolute Gasteiger partial charge is 0.337 e. The maximum atomic E-state index is 11.4. The molecule has 0 saturated heterocycles. The van der Waals surface area contributed by atoms with Gasteiger partial charge in [-0.1, -0.05) is 19.8 Å². The van der Waals surface area contributed by atoms with Crippen molar-refractivity contribution >= 4 is 11.7 Å². The summed E-state index contributed by atoms with van der Waals surface area (Å²) in [6.07, 6.45) is 6.43. The summed E-state index contributed by atoms with van der Waals surface area (Å²) in [5, 5.41) is 3.57. The van der Waals surface area contributed by atoms with E-state index in [-0.39, 0.29) is 5.97 Å². The highest BCUT2D eigenvalue weighted by Crippen LogP contribution is 2.25. The lowest BCUT2D eigenvalue weighted by molar-refractivity contribution is 0.0601. The van der Waals surface area contributed by atoms with Gasteiger partial charge in [-0.3, -0.25) is 0 Å². The van der Waals surface area contributed by atoms with Gasteiger partial charge >= 0.3 is 5.97 Å². The van der Waals surface area contributed by atoms with Crippen molar-refractivity contribution in [2.75, 3.05) is 12.4 Å². The molecule has 1 aliphatic carbocycles. The molecule has 1 fully saturated rings. The lowest BCUT2D eigenvalue weighted by Gasteiger charge is -2.18. The van der Waals surface area contributed by atoms with Gasteiger partial charge in [0, 0.05) is 11.7 Å². The van der Waals surface area contributed by atoms with Crippen molar-refractivity contribution in [2.24, 2.45) is 5.92 Å². The van der Waals surface area contributed by atoms with Gasteiger partial charge in [-0.05, 0) is 49.4 Å². The molecule has 3 nitrogen and oxygen atoms in total. The number of anilines is 1. The zero-order valence-corrected chi connectivity index (χ0v) is 11.8. The van der Waals surface area contributed by atoms with Crippen LogP contribution in [0.3, 0.4) is 0 Å². The zero-order chi connectivity index (χ0) is 13.7. The molecule has 2 unspecified atom stereocenters. The molecule has 104 valence electrons. The summed E-state index contributed by atoms with van der Waals surface area (Å²) in [6, 6.07) is 8.11. The molecule has 0 heterocycles. The lowest BCUT2D eigenvalue weighted by atomic mass is 10.0. The van der Waals surface area contributed by atoms with Gasteiger partial charge in [0.15, 0.2) is 0 Å². The van der Waals surface area contributed by atoms with Gasteiger partial charge in [0.25, 0.3) is 0 Å². The normalized spacial score (nSPS) is 23.5. The summed E-state index contributed by atoms with van der Waals surface area (Å²) in [7, 11) is 1.40. The van der Waals surface area contributed by atoms with E-state index in [1.54, 1.807) is 0 Å². The summed E-state index contributed by atoms with van der Waals surface area (Å²) in [6.45, 7) is 2.34. The fourth-order valence-corrected chi connectivity index (χ4v) is 2.69. The highest BCUT2D eigenvalue weighted by molar-refractivity contribution is 5.89. The molecule has 2 rings (SSSR count). The van der Waals surface area contributed by atoms with Gasteiger partial charge in [0.2, 0.25) is 0 Å². The van der Waals surface area contributed by atoms with Crippen molar-refractivity contribution < 1.29 is 9.53 Å². The molecule has 1 aliphatic rings. The quantitative estimate of drug-likeness (QED) is 0.663. The van der Waals surface area contributed by atoms with Crippen molar-refractivity contribution in [3.63, 3.8) is 0 Å². The average molecular weight is 261 g/mol. The number of ether oxygens (including phenoxy) is 1. The predicted octanol–water partition coefficient (Wildman–Crippen LogP) is 3.85. The van der Waals surface area contributed by atoms with Crippen LogP contribution in [0.5, 0.6) is 0 Å². The second-order valence-electron chi connectivity index (χ2n) is 5.52. The first kappa shape index (κ1) is 13.9. The number of rotatable bonds is 3. The van der Waals surface area contributed by atoms with Crippen molar-refractivity contribution in [2.45, 2.75) is 45.1 Å². The first-order valence-corrected chi connectivity index (χ1v) is 7.14. The number of carbonyl (C=O) groups is 1. The molecular weight excluding hydrogens is 238 g/mol. The van der Waals surface area contributed by atoms with Crippen molar-refractivity contribution in [1.82, 2.24) is 0 Å². The minimum atomic E-state index is -0.283. The van der Waals surface area contributed by atoms with E-state index in [2.05, 4.69) is 12.2 Å². The second kappa shape index (κ2) is 6.60. The minimum Gasteiger partial charge on any atom is -0.465 e. The van der Waals surface area contributed by atoms with Gasteiger partial charge < -0.3 is 10.1 Å². The topological polar surface area (TPSA) is 38.3 Å². The Hall–Kier alpha value is -1.51. The number of hydrogen-bond donors (Lipinski definition) is 1. The summed E-state index contributed by atoms with van der Waals surface area (Å²) < 4.78 is 4.70. The van der Waals surface area contributed by atoms with Crippen LogP contribution in [0, 0.1) is 5.92 Å². The predicted molar refractivity (Wildman–Crippen MR) is 77.4 cm³/mol. The van der Waals surface area contributed by atoms with Gasteiger partial charge in [-0.25, -0.2) is 4.79 Å². The molecule has 0 aliphatic heterocycles. The average Bonchev–Trinajstić information content (AvgIpc) is 2.64. The van der Waals surface area contributed by atoms with E-state index in [1.807, 2.05) is 24.3 Å². The first-order valence-electron chi connectivity index (χ1n) is 7.14. The molecule has 19 heavy (non-hydrogen) atoms. The lowest BCUT2D eigenvalue weighted by Crippen LogP contribution is -2.18. The van der Waals surface area contributed by atoms with Crippen LogP contribution in [0.25, 0.3) is 0 Å². The Morgan fingerprint density at radius 2 is 1.89 bits per heavy atom. The van der Waals surface area contributed by atoms with Gasteiger partial charge in [0.05, 0.1) is 12.7 Å². The number of nitrogens with one attached hydrogen (secondary N) is 1. The van der Waals surface area contributed by atoms with E-state index in [4.69, 9.17) is 4.74 Å². The van der Waals surface area contributed by atoms with Gasteiger partial charge in [-0.15, -0.1) is 0 Å². The van der Waals surface area contributed by atoms with E-state index in [0.29, 0.717) is 11.6 Å². The Morgan fingerprint density at radius 1 is 1.16 bits per heavy atom. The summed E-state index contributed by atoms with van der Waals surface area (Å²) >= 11 is 0. The maximum Gasteiger partial charge on any atom is 0.337 e. The first-order chi connectivity index (χ1) is 9.19. The third-order valence-electron chi connectivity index (χ3n) is 3.93. The van der Waals surface area contributed by atoms with Crippen molar-refractivity contribution in [1.29, 1.82) is 0 Å². The molecule has 0 spiro atoms. The molecule has 1 aromatic rings. The third kappa shape index (κ3) is 3.98. The van der Waals surface area contributed by atoms with Crippen LogP contribution >= 0.6 is 0 Å². The second-order valence-corrected chi connectivity index (χ2v) is 5.52. The third-order valence-corrected chi connectivity index (χ3v) is 3.93. The monoisotopic (exact) mass is 261 g/mol. The molecule has 0 amide bonds. The van der Waals surface area contributed by atoms with Crippen LogP contribution in [-0.4, -0.2) is 19.1 Å². The standard InChI is InChI=1S/C16H23NO2/c1-12-4-3-5-14(9-6-12)17-15-10-7-13(8-11-15)16(18)19-2/h7-8,10-12,14,17H,3-6,9H2,1-2H3. The molecule has 1 N–H and O–H groups in total. The Morgan fingerprint density at radius 3 is 2.58 bits per heavy atom. The molecule has 2 atom stereocenters. The van der Waals surface area contributed by atoms with E-state index in [9.17, 15) is 4.79 Å². The Kier molecular flexibility index (Phi) is 4.83. The van der Waals surface area contributed by atoms with Crippen molar-refractivity contribution in [3.8, 4) is 0 Å². The highest BCUT2D eigenvalue weighted by atomic mass is 16.5.